The fourth-order valence-electron chi connectivity index (χ4n) is 3.76. The van der Waals surface area contributed by atoms with Gasteiger partial charge in [0.25, 0.3) is 0 Å². The molecular formula is C22H28N6O2S. The molecule has 0 atom stereocenters. The molecule has 9 heteroatoms. The van der Waals surface area contributed by atoms with Gasteiger partial charge in [0, 0.05) is 37.9 Å². The van der Waals surface area contributed by atoms with Crippen molar-refractivity contribution in [3.63, 3.8) is 0 Å². The summed E-state index contributed by atoms with van der Waals surface area (Å²) in [5.41, 5.74) is 3.12. The van der Waals surface area contributed by atoms with Crippen LogP contribution in [0.5, 0.6) is 0 Å². The van der Waals surface area contributed by atoms with E-state index in [1.807, 2.05) is 43.5 Å². The highest BCUT2D eigenvalue weighted by Gasteiger charge is 2.29. The van der Waals surface area contributed by atoms with Crippen molar-refractivity contribution < 1.29 is 8.42 Å². The molecule has 1 fully saturated rings. The molecular weight excluding hydrogens is 412 g/mol. The second-order valence-corrected chi connectivity index (χ2v) is 9.74. The van der Waals surface area contributed by atoms with Gasteiger partial charge >= 0.3 is 0 Å². The van der Waals surface area contributed by atoms with Crippen LogP contribution in [0.15, 0.2) is 41.6 Å². The van der Waals surface area contributed by atoms with Crippen LogP contribution in [0.2, 0.25) is 0 Å². The Balaban J connectivity index is 1.51. The van der Waals surface area contributed by atoms with Crippen molar-refractivity contribution in [1.82, 2.24) is 23.8 Å². The first kappa shape index (κ1) is 21.5. The first-order valence-corrected chi connectivity index (χ1v) is 11.9. The molecule has 0 saturated carbocycles. The number of aryl methyl sites for hydroxylation is 3. The van der Waals surface area contributed by atoms with Gasteiger partial charge in [-0.05, 0) is 44.9 Å². The van der Waals surface area contributed by atoms with Crippen LogP contribution >= 0.6 is 0 Å². The van der Waals surface area contributed by atoms with E-state index >= 15 is 0 Å². The zero-order valence-corrected chi connectivity index (χ0v) is 19.2. The summed E-state index contributed by atoms with van der Waals surface area (Å²) in [5, 5.41) is 0. The molecule has 3 heterocycles. The predicted molar refractivity (Wildman–Crippen MR) is 120 cm³/mol. The molecule has 31 heavy (non-hydrogen) atoms. The summed E-state index contributed by atoms with van der Waals surface area (Å²) in [6, 6.07) is 9.11. The molecule has 0 amide bonds. The van der Waals surface area contributed by atoms with Gasteiger partial charge in [-0.15, -0.1) is 0 Å². The lowest BCUT2D eigenvalue weighted by Gasteiger charge is -2.34. The number of benzene rings is 1. The third kappa shape index (κ3) is 4.20. The third-order valence-electron chi connectivity index (χ3n) is 5.84. The maximum Gasteiger partial charge on any atom is 0.243 e. The largest absolute Gasteiger partial charge is 0.354 e. The number of hydrogen-bond donors (Lipinski definition) is 0. The summed E-state index contributed by atoms with van der Waals surface area (Å²) in [4.78, 5) is 16.0. The van der Waals surface area contributed by atoms with Gasteiger partial charge in [-0.25, -0.2) is 23.4 Å². The number of nitrogens with zero attached hydrogens (tertiary/aromatic N) is 6. The molecule has 1 aliphatic rings. The minimum atomic E-state index is -3.49. The Hall–Kier alpha value is -2.78. The standard InChI is InChI=1S/C22H28N6O2S/c1-5-19-6-8-20(9-7-19)31(29,30)27-12-10-26(11-13-27)21-14-22(25-18(4)24-21)28-15-23-16(2)17(28)3/h6-9,14-15H,5,10-13H2,1-4H3. The molecule has 0 bridgehead atoms. The molecule has 8 nitrogen and oxygen atoms in total. The Morgan fingerprint density at radius 3 is 2.16 bits per heavy atom. The van der Waals surface area contributed by atoms with Crippen molar-refractivity contribution in [3.05, 3.63) is 59.4 Å². The fourth-order valence-corrected chi connectivity index (χ4v) is 5.18. The zero-order valence-electron chi connectivity index (χ0n) is 18.4. The highest BCUT2D eigenvalue weighted by Crippen LogP contribution is 2.22. The van der Waals surface area contributed by atoms with Crippen LogP contribution in [0.3, 0.4) is 0 Å². The average Bonchev–Trinajstić information content (AvgIpc) is 3.12. The summed E-state index contributed by atoms with van der Waals surface area (Å²) in [6.45, 7) is 9.88. The van der Waals surface area contributed by atoms with E-state index in [9.17, 15) is 8.42 Å². The number of hydrogen-bond acceptors (Lipinski definition) is 6. The van der Waals surface area contributed by atoms with E-state index in [0.29, 0.717) is 36.9 Å². The van der Waals surface area contributed by atoms with Crippen molar-refractivity contribution in [2.24, 2.45) is 0 Å². The molecule has 1 saturated heterocycles. The molecule has 1 aliphatic heterocycles. The fraction of sp³-hybridized carbons (Fsp3) is 0.409. The molecule has 1 aromatic carbocycles. The number of aromatic nitrogens is 4. The van der Waals surface area contributed by atoms with Gasteiger partial charge in [-0.1, -0.05) is 19.1 Å². The van der Waals surface area contributed by atoms with E-state index in [1.54, 1.807) is 22.8 Å². The van der Waals surface area contributed by atoms with E-state index in [2.05, 4.69) is 26.8 Å². The van der Waals surface area contributed by atoms with Crippen LogP contribution in [0, 0.1) is 20.8 Å². The molecule has 2 aromatic heterocycles. The van der Waals surface area contributed by atoms with Crippen molar-refractivity contribution in [2.75, 3.05) is 31.1 Å². The Kier molecular flexibility index (Phi) is 5.81. The van der Waals surface area contributed by atoms with Gasteiger partial charge in [-0.3, -0.25) is 4.57 Å². The topological polar surface area (TPSA) is 84.2 Å². The number of piperazine rings is 1. The van der Waals surface area contributed by atoms with Gasteiger partial charge in [0.2, 0.25) is 10.0 Å². The Morgan fingerprint density at radius 2 is 1.58 bits per heavy atom. The summed E-state index contributed by atoms with van der Waals surface area (Å²) < 4.78 is 29.6. The van der Waals surface area contributed by atoms with Gasteiger partial charge in [0.15, 0.2) is 0 Å². The second-order valence-electron chi connectivity index (χ2n) is 7.81. The van der Waals surface area contributed by atoms with Gasteiger partial charge < -0.3 is 4.90 Å². The Labute approximate surface area is 183 Å². The predicted octanol–water partition coefficient (Wildman–Crippen LogP) is 2.66. The monoisotopic (exact) mass is 440 g/mol. The van der Waals surface area contributed by atoms with Crippen LogP contribution in [0.25, 0.3) is 5.82 Å². The zero-order chi connectivity index (χ0) is 22.2. The number of rotatable bonds is 5. The molecule has 3 aromatic rings. The normalized spacial score (nSPS) is 15.4. The maximum absolute atomic E-state index is 13.0. The lowest BCUT2D eigenvalue weighted by atomic mass is 10.2. The first-order chi connectivity index (χ1) is 14.8. The average molecular weight is 441 g/mol. The Morgan fingerprint density at radius 1 is 0.935 bits per heavy atom. The summed E-state index contributed by atoms with van der Waals surface area (Å²) >= 11 is 0. The number of anilines is 1. The van der Waals surface area contributed by atoms with Crippen LogP contribution in [-0.2, 0) is 16.4 Å². The van der Waals surface area contributed by atoms with Crippen LogP contribution in [0.1, 0.15) is 29.7 Å². The van der Waals surface area contributed by atoms with Crippen LogP contribution in [0.4, 0.5) is 5.82 Å². The second kappa shape index (κ2) is 8.39. The quantitative estimate of drug-likeness (QED) is 0.607. The molecule has 164 valence electrons. The minimum absolute atomic E-state index is 0.351. The summed E-state index contributed by atoms with van der Waals surface area (Å²) in [7, 11) is -3.49. The number of sulfonamides is 1. The van der Waals surface area contributed by atoms with Gasteiger partial charge in [-0.2, -0.15) is 4.31 Å². The first-order valence-electron chi connectivity index (χ1n) is 10.5. The van der Waals surface area contributed by atoms with Crippen molar-refractivity contribution in [2.45, 2.75) is 39.0 Å². The summed E-state index contributed by atoms with van der Waals surface area (Å²) in [6.07, 6.45) is 2.65. The van der Waals surface area contributed by atoms with E-state index in [4.69, 9.17) is 0 Å². The lowest BCUT2D eigenvalue weighted by molar-refractivity contribution is 0.383. The van der Waals surface area contributed by atoms with Crippen LogP contribution in [-0.4, -0.2) is 58.4 Å². The summed E-state index contributed by atoms with van der Waals surface area (Å²) in [5.74, 6) is 2.24. The molecule has 0 aliphatic carbocycles. The molecule has 4 rings (SSSR count). The maximum atomic E-state index is 13.0. The molecule has 0 N–H and O–H groups in total. The van der Waals surface area contributed by atoms with E-state index in [-0.39, 0.29) is 0 Å². The lowest BCUT2D eigenvalue weighted by Crippen LogP contribution is -2.49. The highest BCUT2D eigenvalue weighted by molar-refractivity contribution is 7.89. The van der Waals surface area contributed by atoms with Crippen molar-refractivity contribution >= 4 is 15.8 Å². The van der Waals surface area contributed by atoms with E-state index in [0.717, 1.165) is 35.0 Å². The van der Waals surface area contributed by atoms with E-state index < -0.39 is 10.0 Å². The molecule has 0 spiro atoms. The molecule has 0 radical (unpaired) electrons. The Bertz CT molecular complexity index is 1180. The van der Waals surface area contributed by atoms with Crippen molar-refractivity contribution in [3.8, 4) is 5.82 Å². The van der Waals surface area contributed by atoms with E-state index in [1.165, 1.54) is 0 Å². The SMILES string of the molecule is CCc1ccc(S(=O)(=O)N2CCN(c3cc(-n4cnc(C)c4C)nc(C)n3)CC2)cc1. The van der Waals surface area contributed by atoms with Crippen LogP contribution < -0.4 is 4.90 Å². The highest BCUT2D eigenvalue weighted by atomic mass is 32.2. The van der Waals surface area contributed by atoms with Gasteiger partial charge in [0.05, 0.1) is 10.6 Å². The van der Waals surface area contributed by atoms with Crippen molar-refractivity contribution in [1.29, 1.82) is 0 Å². The van der Waals surface area contributed by atoms with Gasteiger partial charge in [0.1, 0.15) is 23.8 Å². The third-order valence-corrected chi connectivity index (χ3v) is 7.75. The number of imidazole rings is 1. The minimum Gasteiger partial charge on any atom is -0.354 e. The molecule has 0 unspecified atom stereocenters. The smallest absolute Gasteiger partial charge is 0.243 e.